The van der Waals surface area contributed by atoms with E-state index < -0.39 is 0 Å². The Morgan fingerprint density at radius 2 is 2.03 bits per heavy atom. The fourth-order valence-electron chi connectivity index (χ4n) is 3.92. The molecule has 3 rings (SSSR count). The molecule has 0 amide bonds. The first kappa shape index (κ1) is 22.2. The number of aliphatic imine (C=N–C) groups is 1. The Balaban J connectivity index is 1.68. The summed E-state index contributed by atoms with van der Waals surface area (Å²) in [6.07, 6.45) is 2.56. The lowest BCUT2D eigenvalue weighted by molar-refractivity contribution is 0.0170. The molecule has 0 bridgehead atoms. The third-order valence-electron chi connectivity index (χ3n) is 5.67. The Morgan fingerprint density at radius 3 is 2.66 bits per heavy atom. The van der Waals surface area contributed by atoms with Gasteiger partial charge in [-0.2, -0.15) is 11.8 Å². The van der Waals surface area contributed by atoms with Gasteiger partial charge in [0.25, 0.3) is 0 Å². The van der Waals surface area contributed by atoms with Crippen LogP contribution in [-0.2, 0) is 4.74 Å². The third kappa shape index (κ3) is 6.52. The Morgan fingerprint density at radius 1 is 1.28 bits per heavy atom. The number of thioether (sulfide) groups is 1. The lowest BCUT2D eigenvalue weighted by Crippen LogP contribution is -2.46. The molecule has 7 heteroatoms. The van der Waals surface area contributed by atoms with Gasteiger partial charge in [0, 0.05) is 30.9 Å². The molecule has 2 unspecified atom stereocenters. The molecule has 2 heterocycles. The maximum absolute atomic E-state index is 5.57. The molecule has 2 saturated heterocycles. The first-order valence-corrected chi connectivity index (χ1v) is 11.7. The van der Waals surface area contributed by atoms with Crippen LogP contribution >= 0.6 is 11.8 Å². The molecular weight excluding hydrogens is 384 g/mol. The van der Waals surface area contributed by atoms with Crippen LogP contribution < -0.4 is 15.4 Å². The molecule has 1 aromatic rings. The van der Waals surface area contributed by atoms with Crippen molar-refractivity contribution in [1.29, 1.82) is 0 Å². The van der Waals surface area contributed by atoms with Crippen molar-refractivity contribution in [3.63, 3.8) is 0 Å². The lowest BCUT2D eigenvalue weighted by atomic mass is 10.0. The fourth-order valence-corrected chi connectivity index (χ4v) is 5.14. The highest BCUT2D eigenvalue weighted by Gasteiger charge is 2.29. The van der Waals surface area contributed by atoms with Crippen molar-refractivity contribution in [2.75, 3.05) is 58.8 Å². The van der Waals surface area contributed by atoms with Crippen molar-refractivity contribution in [2.45, 2.75) is 37.5 Å². The zero-order valence-corrected chi connectivity index (χ0v) is 18.9. The van der Waals surface area contributed by atoms with E-state index in [2.05, 4.69) is 53.3 Å². The molecular formula is C22H36N4O2S. The van der Waals surface area contributed by atoms with Crippen LogP contribution in [-0.4, -0.2) is 74.4 Å². The number of nitrogens with zero attached hydrogens (tertiary/aromatic N) is 2. The van der Waals surface area contributed by atoms with Gasteiger partial charge in [0.2, 0.25) is 0 Å². The Bertz CT molecular complexity index is 641. The number of ether oxygens (including phenoxy) is 2. The Labute approximate surface area is 179 Å². The van der Waals surface area contributed by atoms with Crippen LogP contribution in [0.15, 0.2) is 29.3 Å². The second kappa shape index (κ2) is 11.1. The monoisotopic (exact) mass is 420 g/mol. The third-order valence-corrected chi connectivity index (χ3v) is 7.19. The second-order valence-corrected chi connectivity index (χ2v) is 9.60. The highest BCUT2D eigenvalue weighted by Crippen LogP contribution is 2.37. The summed E-state index contributed by atoms with van der Waals surface area (Å²) in [7, 11) is 1.71. The van der Waals surface area contributed by atoms with Crippen LogP contribution in [0.2, 0.25) is 0 Å². The number of morpholine rings is 1. The van der Waals surface area contributed by atoms with Gasteiger partial charge in [0.15, 0.2) is 5.96 Å². The molecule has 1 aromatic carbocycles. The fraction of sp³-hybridized carbons (Fsp3) is 0.682. The summed E-state index contributed by atoms with van der Waals surface area (Å²) in [4.78, 5) is 7.41. The van der Waals surface area contributed by atoms with Gasteiger partial charge in [-0.25, -0.2) is 0 Å². The molecule has 0 aromatic heterocycles. The molecule has 0 radical (unpaired) electrons. The molecule has 162 valence electrons. The summed E-state index contributed by atoms with van der Waals surface area (Å²) >= 11 is 2.06. The molecule has 2 atom stereocenters. The summed E-state index contributed by atoms with van der Waals surface area (Å²) in [5.41, 5.74) is 1.29. The van der Waals surface area contributed by atoms with Gasteiger partial charge < -0.3 is 20.1 Å². The normalized spacial score (nSPS) is 24.3. The van der Waals surface area contributed by atoms with Crippen molar-refractivity contribution in [1.82, 2.24) is 15.5 Å². The van der Waals surface area contributed by atoms with E-state index in [1.807, 2.05) is 12.1 Å². The Kier molecular flexibility index (Phi) is 8.51. The molecule has 2 aliphatic heterocycles. The highest BCUT2D eigenvalue weighted by molar-refractivity contribution is 8.00. The SMILES string of the molecule is CCNC(=NCC1(C)CCCS1)NCC(c1ccc(OC)cc1)N1CCOCC1. The van der Waals surface area contributed by atoms with E-state index >= 15 is 0 Å². The molecule has 2 fully saturated rings. The average molecular weight is 421 g/mol. The quantitative estimate of drug-likeness (QED) is 0.498. The number of guanidine groups is 1. The zero-order chi connectivity index (χ0) is 20.5. The molecule has 0 spiro atoms. The van der Waals surface area contributed by atoms with Crippen LogP contribution in [0.4, 0.5) is 0 Å². The predicted octanol–water partition coefficient (Wildman–Crippen LogP) is 2.91. The minimum absolute atomic E-state index is 0.269. The van der Waals surface area contributed by atoms with Crippen molar-refractivity contribution >= 4 is 17.7 Å². The van der Waals surface area contributed by atoms with E-state index in [-0.39, 0.29) is 10.8 Å². The molecule has 29 heavy (non-hydrogen) atoms. The number of methoxy groups -OCH3 is 1. The largest absolute Gasteiger partial charge is 0.497 e. The molecule has 2 aliphatic rings. The maximum Gasteiger partial charge on any atom is 0.191 e. The lowest BCUT2D eigenvalue weighted by Gasteiger charge is -2.35. The van der Waals surface area contributed by atoms with Gasteiger partial charge in [-0.1, -0.05) is 12.1 Å². The smallest absolute Gasteiger partial charge is 0.191 e. The van der Waals surface area contributed by atoms with Crippen molar-refractivity contribution in [3.8, 4) is 5.75 Å². The molecule has 2 N–H and O–H groups in total. The van der Waals surface area contributed by atoms with Gasteiger partial charge in [-0.15, -0.1) is 0 Å². The maximum atomic E-state index is 5.57. The minimum Gasteiger partial charge on any atom is -0.497 e. The number of hydrogen-bond donors (Lipinski definition) is 2. The van der Waals surface area contributed by atoms with E-state index in [0.717, 1.165) is 57.6 Å². The van der Waals surface area contributed by atoms with Gasteiger partial charge in [0.1, 0.15) is 5.75 Å². The number of hydrogen-bond acceptors (Lipinski definition) is 5. The summed E-state index contributed by atoms with van der Waals surface area (Å²) in [5.74, 6) is 3.06. The Hall–Kier alpha value is -1.44. The van der Waals surface area contributed by atoms with Crippen LogP contribution in [0.1, 0.15) is 38.3 Å². The average Bonchev–Trinajstić information content (AvgIpc) is 3.20. The van der Waals surface area contributed by atoms with Gasteiger partial charge in [-0.05, 0) is 50.1 Å². The van der Waals surface area contributed by atoms with Crippen molar-refractivity contribution < 1.29 is 9.47 Å². The number of benzene rings is 1. The van der Waals surface area contributed by atoms with E-state index in [0.29, 0.717) is 0 Å². The first-order chi connectivity index (χ1) is 14.1. The summed E-state index contributed by atoms with van der Waals surface area (Å²) in [5, 5.41) is 7.02. The van der Waals surface area contributed by atoms with E-state index in [1.54, 1.807) is 7.11 Å². The minimum atomic E-state index is 0.269. The summed E-state index contributed by atoms with van der Waals surface area (Å²) < 4.78 is 11.2. The molecule has 6 nitrogen and oxygen atoms in total. The second-order valence-electron chi connectivity index (χ2n) is 7.92. The predicted molar refractivity (Wildman–Crippen MR) is 122 cm³/mol. The standard InChI is InChI=1S/C22H36N4O2S/c1-4-23-21(25-17-22(2)10-5-15-29-22)24-16-20(26-11-13-28-14-12-26)18-6-8-19(27-3)9-7-18/h6-9,20H,4-5,10-17H2,1-3H3,(H2,23,24,25). The van der Waals surface area contributed by atoms with Crippen molar-refractivity contribution in [2.24, 2.45) is 4.99 Å². The van der Waals surface area contributed by atoms with Gasteiger partial charge in [-0.3, -0.25) is 9.89 Å². The van der Waals surface area contributed by atoms with Crippen LogP contribution in [0.25, 0.3) is 0 Å². The molecule has 0 aliphatic carbocycles. The van der Waals surface area contributed by atoms with Crippen molar-refractivity contribution in [3.05, 3.63) is 29.8 Å². The van der Waals surface area contributed by atoms with Crippen LogP contribution in [0.5, 0.6) is 5.75 Å². The summed E-state index contributed by atoms with van der Waals surface area (Å²) in [6, 6.07) is 8.69. The summed E-state index contributed by atoms with van der Waals surface area (Å²) in [6.45, 7) is 10.5. The van der Waals surface area contributed by atoms with Gasteiger partial charge in [0.05, 0.1) is 32.9 Å². The first-order valence-electron chi connectivity index (χ1n) is 10.8. The topological polar surface area (TPSA) is 58.1 Å². The van der Waals surface area contributed by atoms with Crippen LogP contribution in [0.3, 0.4) is 0 Å². The van der Waals surface area contributed by atoms with E-state index in [4.69, 9.17) is 14.5 Å². The van der Waals surface area contributed by atoms with E-state index in [1.165, 1.54) is 24.2 Å². The molecule has 0 saturated carbocycles. The highest BCUT2D eigenvalue weighted by atomic mass is 32.2. The zero-order valence-electron chi connectivity index (χ0n) is 18.1. The van der Waals surface area contributed by atoms with Crippen LogP contribution in [0, 0.1) is 0 Å². The van der Waals surface area contributed by atoms with Gasteiger partial charge >= 0.3 is 0 Å². The van der Waals surface area contributed by atoms with E-state index in [9.17, 15) is 0 Å². The number of nitrogens with one attached hydrogen (secondary N) is 2. The number of rotatable bonds is 8.